The Morgan fingerprint density at radius 3 is 2.93 bits per heavy atom. The lowest BCUT2D eigenvalue weighted by Gasteiger charge is -2.05. The average Bonchev–Trinajstić information content (AvgIpc) is 2.68. The molecule has 0 amide bonds. The molecule has 2 rings (SSSR count). The van der Waals surface area contributed by atoms with E-state index >= 15 is 0 Å². The van der Waals surface area contributed by atoms with Crippen LogP contribution in [0.5, 0.6) is 0 Å². The molecule has 0 fully saturated rings. The van der Waals surface area contributed by atoms with Gasteiger partial charge in [-0.3, -0.25) is 10.7 Å². The first-order chi connectivity index (χ1) is 7.35. The second kappa shape index (κ2) is 4.55. The molecule has 0 bridgehead atoms. The number of rotatable bonds is 4. The summed E-state index contributed by atoms with van der Waals surface area (Å²) in [6, 6.07) is 7.80. The molecule has 80 valence electrons. The fourth-order valence-corrected chi connectivity index (χ4v) is 1.80. The van der Waals surface area contributed by atoms with Crippen LogP contribution in [0.15, 0.2) is 30.5 Å². The van der Waals surface area contributed by atoms with Gasteiger partial charge in [-0.05, 0) is 30.0 Å². The lowest BCUT2D eigenvalue weighted by molar-refractivity contribution is 0.389. The molecule has 1 aromatic heterocycles. The third-order valence-electron chi connectivity index (χ3n) is 2.44. The summed E-state index contributed by atoms with van der Waals surface area (Å²) in [5.74, 6) is 0.664. The minimum absolute atomic E-state index is 0.664. The maximum atomic E-state index is 8.82. The lowest BCUT2D eigenvalue weighted by Crippen LogP contribution is -1.97. The summed E-state index contributed by atoms with van der Waals surface area (Å²) in [5.41, 5.74) is 3.97. The summed E-state index contributed by atoms with van der Waals surface area (Å²) in [6.45, 7) is 0.905. The van der Waals surface area contributed by atoms with Crippen molar-refractivity contribution in [1.82, 2.24) is 4.57 Å². The zero-order chi connectivity index (χ0) is 10.7. The van der Waals surface area contributed by atoms with Crippen molar-refractivity contribution in [3.63, 3.8) is 0 Å². The SMILES string of the molecule is ONc1ccc2ccn(CCCCl)c2c1. The second-order valence-corrected chi connectivity index (χ2v) is 3.82. The summed E-state index contributed by atoms with van der Waals surface area (Å²) in [4.78, 5) is 0. The fourth-order valence-electron chi connectivity index (χ4n) is 1.68. The maximum Gasteiger partial charge on any atom is 0.0623 e. The van der Waals surface area contributed by atoms with Crippen molar-refractivity contribution in [2.24, 2.45) is 0 Å². The number of alkyl halides is 1. The van der Waals surface area contributed by atoms with E-state index < -0.39 is 0 Å². The highest BCUT2D eigenvalue weighted by Crippen LogP contribution is 2.20. The summed E-state index contributed by atoms with van der Waals surface area (Å²) >= 11 is 5.66. The summed E-state index contributed by atoms with van der Waals surface area (Å²) in [5, 5.41) is 9.99. The number of hydrogen-bond acceptors (Lipinski definition) is 2. The number of benzene rings is 1. The van der Waals surface area contributed by atoms with Crippen LogP contribution in [0.4, 0.5) is 5.69 Å². The van der Waals surface area contributed by atoms with Crippen LogP contribution >= 0.6 is 11.6 Å². The maximum absolute atomic E-state index is 8.82. The molecule has 3 nitrogen and oxygen atoms in total. The van der Waals surface area contributed by atoms with Crippen molar-refractivity contribution in [2.45, 2.75) is 13.0 Å². The fraction of sp³-hybridized carbons (Fsp3) is 0.273. The quantitative estimate of drug-likeness (QED) is 0.619. The molecular formula is C11H13ClN2O. The number of anilines is 1. The molecule has 0 radical (unpaired) electrons. The topological polar surface area (TPSA) is 37.2 Å². The van der Waals surface area contributed by atoms with Gasteiger partial charge in [0.05, 0.1) is 11.2 Å². The van der Waals surface area contributed by atoms with E-state index in [0.29, 0.717) is 11.6 Å². The van der Waals surface area contributed by atoms with Crippen LogP contribution in [-0.2, 0) is 6.54 Å². The van der Waals surface area contributed by atoms with E-state index in [0.717, 1.165) is 18.5 Å². The minimum atomic E-state index is 0.664. The Morgan fingerprint density at radius 1 is 1.33 bits per heavy atom. The van der Waals surface area contributed by atoms with Crippen molar-refractivity contribution in [3.05, 3.63) is 30.5 Å². The predicted octanol–water partition coefficient (Wildman–Crippen LogP) is 3.07. The zero-order valence-corrected chi connectivity index (χ0v) is 9.04. The van der Waals surface area contributed by atoms with Crippen LogP contribution in [0, 0.1) is 0 Å². The third kappa shape index (κ3) is 2.08. The summed E-state index contributed by atoms with van der Waals surface area (Å²) in [7, 11) is 0. The van der Waals surface area contributed by atoms with Gasteiger partial charge >= 0.3 is 0 Å². The van der Waals surface area contributed by atoms with Crippen LogP contribution in [0.25, 0.3) is 10.9 Å². The van der Waals surface area contributed by atoms with Gasteiger partial charge in [0, 0.05) is 18.6 Å². The van der Waals surface area contributed by atoms with Gasteiger partial charge in [-0.25, -0.2) is 0 Å². The van der Waals surface area contributed by atoms with E-state index in [2.05, 4.69) is 16.1 Å². The van der Waals surface area contributed by atoms with Crippen LogP contribution in [0.2, 0.25) is 0 Å². The van der Waals surface area contributed by atoms with Crippen molar-refractivity contribution >= 4 is 28.2 Å². The molecule has 0 aliphatic carbocycles. The van der Waals surface area contributed by atoms with Crippen LogP contribution in [-0.4, -0.2) is 15.7 Å². The molecule has 0 atom stereocenters. The monoisotopic (exact) mass is 224 g/mol. The van der Waals surface area contributed by atoms with Gasteiger partial charge in [0.1, 0.15) is 0 Å². The summed E-state index contributed by atoms with van der Waals surface area (Å²) < 4.78 is 2.14. The average molecular weight is 225 g/mol. The number of aryl methyl sites for hydroxylation is 1. The molecule has 1 aromatic carbocycles. The molecule has 0 unspecified atom stereocenters. The molecule has 1 heterocycles. The van der Waals surface area contributed by atoms with Gasteiger partial charge in [0.25, 0.3) is 0 Å². The second-order valence-electron chi connectivity index (χ2n) is 3.44. The highest BCUT2D eigenvalue weighted by molar-refractivity contribution is 6.17. The normalized spacial score (nSPS) is 10.8. The molecule has 0 aliphatic rings. The van der Waals surface area contributed by atoms with Gasteiger partial charge in [-0.15, -0.1) is 11.6 Å². The molecule has 15 heavy (non-hydrogen) atoms. The van der Waals surface area contributed by atoms with E-state index in [1.807, 2.05) is 24.4 Å². The molecule has 0 spiro atoms. The van der Waals surface area contributed by atoms with E-state index in [9.17, 15) is 0 Å². The van der Waals surface area contributed by atoms with Gasteiger partial charge in [0.2, 0.25) is 0 Å². The Hall–Kier alpha value is -1.19. The standard InChI is InChI=1S/C11H13ClN2O/c12-5-1-6-14-7-4-9-2-3-10(13-15)8-11(9)14/h2-4,7-8,13,15H,1,5-6H2. The Morgan fingerprint density at radius 2 is 2.20 bits per heavy atom. The minimum Gasteiger partial charge on any atom is -0.347 e. The Labute approximate surface area is 93.2 Å². The van der Waals surface area contributed by atoms with Gasteiger partial charge in [-0.2, -0.15) is 0 Å². The van der Waals surface area contributed by atoms with E-state index in [-0.39, 0.29) is 0 Å². The van der Waals surface area contributed by atoms with Gasteiger partial charge in [0.15, 0.2) is 0 Å². The Kier molecular flexibility index (Phi) is 3.14. The number of hydrogen-bond donors (Lipinski definition) is 2. The molecule has 2 aromatic rings. The van der Waals surface area contributed by atoms with Crippen molar-refractivity contribution < 1.29 is 5.21 Å². The zero-order valence-electron chi connectivity index (χ0n) is 8.28. The first-order valence-electron chi connectivity index (χ1n) is 4.90. The first kappa shape index (κ1) is 10.3. The molecule has 4 heteroatoms. The number of nitrogens with one attached hydrogen (secondary N) is 1. The smallest absolute Gasteiger partial charge is 0.0623 e. The molecule has 0 saturated heterocycles. The van der Waals surface area contributed by atoms with Crippen molar-refractivity contribution in [2.75, 3.05) is 11.4 Å². The molecule has 0 aliphatic heterocycles. The molecular weight excluding hydrogens is 212 g/mol. The number of nitrogens with zero attached hydrogens (tertiary/aromatic N) is 1. The largest absolute Gasteiger partial charge is 0.347 e. The van der Waals surface area contributed by atoms with Gasteiger partial charge < -0.3 is 4.57 Å². The highest BCUT2D eigenvalue weighted by Gasteiger charge is 2.01. The van der Waals surface area contributed by atoms with Gasteiger partial charge in [-0.1, -0.05) is 6.07 Å². The van der Waals surface area contributed by atoms with Crippen molar-refractivity contribution in [1.29, 1.82) is 0 Å². The molecule has 0 saturated carbocycles. The highest BCUT2D eigenvalue weighted by atomic mass is 35.5. The van der Waals surface area contributed by atoms with Crippen LogP contribution < -0.4 is 5.48 Å². The van der Waals surface area contributed by atoms with E-state index in [4.69, 9.17) is 16.8 Å². The van der Waals surface area contributed by atoms with E-state index in [1.165, 1.54) is 5.39 Å². The number of fused-ring (bicyclic) bond motifs is 1. The van der Waals surface area contributed by atoms with Crippen LogP contribution in [0.3, 0.4) is 0 Å². The predicted molar refractivity (Wildman–Crippen MR) is 62.7 cm³/mol. The first-order valence-corrected chi connectivity index (χ1v) is 5.43. The Balaban J connectivity index is 2.38. The van der Waals surface area contributed by atoms with E-state index in [1.54, 1.807) is 0 Å². The van der Waals surface area contributed by atoms with Crippen molar-refractivity contribution in [3.8, 4) is 0 Å². The van der Waals surface area contributed by atoms with Crippen LogP contribution in [0.1, 0.15) is 6.42 Å². The molecule has 2 N–H and O–H groups in total. The number of halogens is 1. The summed E-state index contributed by atoms with van der Waals surface area (Å²) in [6.07, 6.45) is 2.99. The lowest BCUT2D eigenvalue weighted by atomic mass is 10.2. The third-order valence-corrected chi connectivity index (χ3v) is 2.70. The number of aromatic nitrogens is 1. The Bertz CT molecular complexity index is 453.